The van der Waals surface area contributed by atoms with E-state index < -0.39 is 0 Å². The molecule has 0 aliphatic carbocycles. The van der Waals surface area contributed by atoms with E-state index in [0.717, 1.165) is 11.8 Å². The van der Waals surface area contributed by atoms with Crippen LogP contribution in [0.15, 0.2) is 0 Å². The molecule has 0 aliphatic heterocycles. The largest absolute Gasteiger partial charge is 0.330 e. The first-order valence-electron chi connectivity index (χ1n) is 2.80. The Bertz CT molecular complexity index is 119. The van der Waals surface area contributed by atoms with Crippen molar-refractivity contribution < 1.29 is 4.79 Å². The molecule has 0 aliphatic rings. The lowest BCUT2D eigenvalue weighted by molar-refractivity contribution is -0.116. The lowest BCUT2D eigenvalue weighted by atomic mass is 10.3. The molecule has 0 aromatic carbocycles. The zero-order valence-corrected chi connectivity index (χ0v) is 7.07. The van der Waals surface area contributed by atoms with E-state index >= 15 is 0 Å². The molecule has 0 aromatic heterocycles. The van der Waals surface area contributed by atoms with E-state index in [1.54, 1.807) is 6.26 Å². The maximum Gasteiger partial charge on any atom is 0.133 e. The lowest BCUT2D eigenvalue weighted by Gasteiger charge is -1.81. The summed E-state index contributed by atoms with van der Waals surface area (Å²) in [7, 11) is 0. The van der Waals surface area contributed by atoms with Crippen LogP contribution in [0, 0.1) is 10.7 Å². The Hall–Kier alpha value is -0.530. The summed E-state index contributed by atoms with van der Waals surface area (Å²) in [4.78, 5) is 9.96. The normalized spacial score (nSPS) is 7.00. The number of ketones is 1. The van der Waals surface area contributed by atoms with Gasteiger partial charge in [0.25, 0.3) is 0 Å². The zero-order valence-electron chi connectivity index (χ0n) is 6.26. The number of Topliss-reactive ketones (excluding diaryl/α,β-unsaturated/α-hetero) is 1. The number of nitriles is 1. The fourth-order valence-electron chi connectivity index (χ4n) is 0.203. The van der Waals surface area contributed by atoms with Crippen LogP contribution < -0.4 is 5.73 Å². The summed E-state index contributed by atoms with van der Waals surface area (Å²) >= 11 is 1.16. The van der Waals surface area contributed by atoms with Crippen LogP contribution in [-0.2, 0) is 4.79 Å². The van der Waals surface area contributed by atoms with Crippen molar-refractivity contribution in [2.45, 2.75) is 13.3 Å². The summed E-state index contributed by atoms with van der Waals surface area (Å²) < 4.78 is 0. The molecule has 0 aromatic rings. The van der Waals surface area contributed by atoms with Gasteiger partial charge in [0, 0.05) is 6.42 Å². The second-order valence-corrected chi connectivity index (χ2v) is 2.13. The van der Waals surface area contributed by atoms with E-state index in [9.17, 15) is 4.79 Å². The first kappa shape index (κ1) is 12.2. The van der Waals surface area contributed by atoms with Gasteiger partial charge in [-0.15, -0.1) is 0 Å². The van der Waals surface area contributed by atoms with Crippen LogP contribution in [-0.4, -0.2) is 18.6 Å². The molecule has 0 saturated carbocycles. The summed E-state index contributed by atoms with van der Waals surface area (Å²) in [6, 6.07) is 0. The molecular weight excluding hydrogens is 148 g/mol. The molecule has 0 fully saturated rings. The van der Waals surface area contributed by atoms with Crippen LogP contribution in [0.1, 0.15) is 13.3 Å². The standard InChI is InChI=1S/C4H9NO.C2H3NS/c1-4(6)2-3-5;1-4-2-3/h2-3,5H2,1H3;1H3. The number of thioether (sulfide) groups is 1. The highest BCUT2D eigenvalue weighted by Crippen LogP contribution is 1.78. The lowest BCUT2D eigenvalue weighted by Crippen LogP contribution is -2.03. The van der Waals surface area contributed by atoms with Gasteiger partial charge in [-0.2, -0.15) is 5.26 Å². The Kier molecular flexibility index (Phi) is 13.7. The van der Waals surface area contributed by atoms with Gasteiger partial charge >= 0.3 is 0 Å². The third-order valence-electron chi connectivity index (χ3n) is 0.588. The molecule has 3 nitrogen and oxygen atoms in total. The quantitative estimate of drug-likeness (QED) is 0.605. The van der Waals surface area contributed by atoms with Gasteiger partial charge in [-0.05, 0) is 31.5 Å². The Morgan fingerprint density at radius 3 is 2.20 bits per heavy atom. The van der Waals surface area contributed by atoms with Gasteiger partial charge in [0.1, 0.15) is 11.2 Å². The summed E-state index contributed by atoms with van der Waals surface area (Å²) in [6.45, 7) is 2.02. The molecule has 0 heterocycles. The van der Waals surface area contributed by atoms with Crippen LogP contribution in [0.4, 0.5) is 0 Å². The number of carbonyl (C=O) groups excluding carboxylic acids is 1. The molecule has 4 heteroatoms. The number of hydrogen-bond donors (Lipinski definition) is 1. The molecule has 0 atom stereocenters. The van der Waals surface area contributed by atoms with Gasteiger partial charge in [-0.1, -0.05) is 0 Å². The number of nitrogens with zero attached hydrogens (tertiary/aromatic N) is 1. The minimum atomic E-state index is 0.164. The van der Waals surface area contributed by atoms with Crippen molar-refractivity contribution >= 4 is 17.5 Å². The van der Waals surface area contributed by atoms with Crippen molar-refractivity contribution in [3.05, 3.63) is 0 Å². The van der Waals surface area contributed by atoms with Gasteiger partial charge in [-0.25, -0.2) is 0 Å². The van der Waals surface area contributed by atoms with Crippen molar-refractivity contribution in [3.8, 4) is 5.40 Å². The highest BCUT2D eigenvalue weighted by atomic mass is 32.2. The molecular formula is C6H12N2OS. The molecule has 0 unspecified atom stereocenters. The van der Waals surface area contributed by atoms with E-state index in [1.165, 1.54) is 6.92 Å². The number of hydrogen-bond acceptors (Lipinski definition) is 4. The van der Waals surface area contributed by atoms with Gasteiger partial charge in [-0.3, -0.25) is 4.79 Å². The topological polar surface area (TPSA) is 66.9 Å². The first-order valence-corrected chi connectivity index (χ1v) is 4.03. The Balaban J connectivity index is 0. The van der Waals surface area contributed by atoms with Crippen LogP contribution in [0.25, 0.3) is 0 Å². The predicted octanol–water partition coefficient (Wildman–Crippen LogP) is 0.755. The average molecular weight is 160 g/mol. The van der Waals surface area contributed by atoms with E-state index in [0.29, 0.717) is 13.0 Å². The molecule has 0 spiro atoms. The van der Waals surface area contributed by atoms with Gasteiger partial charge in [0.2, 0.25) is 0 Å². The van der Waals surface area contributed by atoms with Crippen LogP contribution in [0.5, 0.6) is 0 Å². The Labute approximate surface area is 65.6 Å². The van der Waals surface area contributed by atoms with E-state index in [-0.39, 0.29) is 5.78 Å². The van der Waals surface area contributed by atoms with E-state index in [2.05, 4.69) is 0 Å². The van der Waals surface area contributed by atoms with Crippen molar-refractivity contribution in [1.29, 1.82) is 5.26 Å². The van der Waals surface area contributed by atoms with Crippen LogP contribution >= 0.6 is 11.8 Å². The highest BCUT2D eigenvalue weighted by molar-refractivity contribution is 8.03. The number of nitrogens with two attached hydrogens (primary N) is 1. The van der Waals surface area contributed by atoms with E-state index in [1.807, 2.05) is 5.40 Å². The fraction of sp³-hybridized carbons (Fsp3) is 0.667. The summed E-state index contributed by atoms with van der Waals surface area (Å²) in [6.07, 6.45) is 2.25. The molecule has 10 heavy (non-hydrogen) atoms. The molecule has 0 radical (unpaired) electrons. The van der Waals surface area contributed by atoms with Gasteiger partial charge < -0.3 is 5.73 Å². The third-order valence-corrected chi connectivity index (χ3v) is 0.770. The molecule has 58 valence electrons. The highest BCUT2D eigenvalue weighted by Gasteiger charge is 1.83. The fourth-order valence-corrected chi connectivity index (χ4v) is 0.203. The maximum atomic E-state index is 9.96. The average Bonchev–Trinajstić information content (AvgIpc) is 1.89. The smallest absolute Gasteiger partial charge is 0.133 e. The van der Waals surface area contributed by atoms with Crippen molar-refractivity contribution in [3.63, 3.8) is 0 Å². The molecule has 0 rings (SSSR count). The third kappa shape index (κ3) is 26.0. The predicted molar refractivity (Wildman–Crippen MR) is 43.5 cm³/mol. The number of thiocyanates is 1. The second-order valence-electron chi connectivity index (χ2n) is 1.54. The monoisotopic (exact) mass is 160 g/mol. The minimum Gasteiger partial charge on any atom is -0.330 e. The van der Waals surface area contributed by atoms with Crippen molar-refractivity contribution in [2.24, 2.45) is 5.73 Å². The number of rotatable bonds is 2. The van der Waals surface area contributed by atoms with Gasteiger partial charge in [0.15, 0.2) is 0 Å². The zero-order chi connectivity index (χ0) is 8.41. The molecule has 0 bridgehead atoms. The summed E-state index contributed by atoms with van der Waals surface area (Å²) in [5.41, 5.74) is 5.01. The Morgan fingerprint density at radius 1 is 1.80 bits per heavy atom. The SMILES string of the molecule is CC(=O)CCN.CSC#N. The minimum absolute atomic E-state index is 0.164. The summed E-state index contributed by atoms with van der Waals surface area (Å²) in [5, 5.41) is 9.44. The van der Waals surface area contributed by atoms with E-state index in [4.69, 9.17) is 11.0 Å². The number of carbonyl (C=O) groups is 1. The Morgan fingerprint density at radius 2 is 2.20 bits per heavy atom. The maximum absolute atomic E-state index is 9.96. The first-order chi connectivity index (χ1) is 4.68. The molecule has 0 amide bonds. The molecule has 0 saturated heterocycles. The molecule has 2 N–H and O–H groups in total. The van der Waals surface area contributed by atoms with Crippen LogP contribution in [0.3, 0.4) is 0 Å². The van der Waals surface area contributed by atoms with Crippen molar-refractivity contribution in [1.82, 2.24) is 0 Å². The second kappa shape index (κ2) is 11.3. The van der Waals surface area contributed by atoms with Crippen LogP contribution in [0.2, 0.25) is 0 Å². The van der Waals surface area contributed by atoms with Gasteiger partial charge in [0.05, 0.1) is 0 Å². The summed E-state index contributed by atoms with van der Waals surface area (Å²) in [5.74, 6) is 0.164. The van der Waals surface area contributed by atoms with Crippen molar-refractivity contribution in [2.75, 3.05) is 12.8 Å².